The van der Waals surface area contributed by atoms with Gasteiger partial charge in [-0.2, -0.15) is 0 Å². The number of carbonyl (C=O) groups is 1. The number of ether oxygens (including phenoxy) is 2. The molecule has 1 N–H and O–H groups in total. The maximum Gasteiger partial charge on any atom is 0.317 e. The van der Waals surface area contributed by atoms with E-state index < -0.39 is 0 Å². The van der Waals surface area contributed by atoms with Crippen LogP contribution >= 0.6 is 0 Å². The van der Waals surface area contributed by atoms with Gasteiger partial charge in [0.05, 0.1) is 13.7 Å². The molecule has 2 rings (SSSR count). The Kier molecular flexibility index (Phi) is 6.33. The predicted molar refractivity (Wildman–Crippen MR) is 85.6 cm³/mol. The summed E-state index contributed by atoms with van der Waals surface area (Å²) in [6.45, 7) is 7.59. The molecule has 122 valence electrons. The molecule has 22 heavy (non-hydrogen) atoms. The molecule has 2 amide bonds. The number of nitrogens with one attached hydrogen (secondary N) is 1. The number of carbonyl (C=O) groups excluding carboxylic acids is 1. The Morgan fingerprint density at radius 3 is 2.64 bits per heavy atom. The van der Waals surface area contributed by atoms with E-state index in [2.05, 4.69) is 17.1 Å². The molecule has 0 radical (unpaired) electrons. The number of urea groups is 1. The molecule has 1 aromatic rings. The maximum absolute atomic E-state index is 12.0. The number of likely N-dealkylation sites (N-methyl/N-ethyl adjacent to an activating group) is 1. The summed E-state index contributed by atoms with van der Waals surface area (Å²) in [6, 6.07) is 7.43. The lowest BCUT2D eigenvalue weighted by Crippen LogP contribution is -2.52. The van der Waals surface area contributed by atoms with Crippen molar-refractivity contribution in [1.82, 2.24) is 15.1 Å². The van der Waals surface area contributed by atoms with Gasteiger partial charge in [-0.15, -0.1) is 0 Å². The molecule has 0 aliphatic carbocycles. The van der Waals surface area contributed by atoms with Crippen LogP contribution in [0.4, 0.5) is 4.79 Å². The normalized spacial score (nSPS) is 15.5. The first kappa shape index (κ1) is 16.4. The second-order valence-electron chi connectivity index (χ2n) is 5.18. The molecule has 1 aromatic carbocycles. The highest BCUT2D eigenvalue weighted by Crippen LogP contribution is 2.18. The minimum atomic E-state index is -0.00926. The lowest BCUT2D eigenvalue weighted by atomic mass is 10.3. The van der Waals surface area contributed by atoms with E-state index in [1.165, 1.54) is 0 Å². The minimum absolute atomic E-state index is 0.00926. The van der Waals surface area contributed by atoms with Gasteiger partial charge in [0.2, 0.25) is 0 Å². The topological polar surface area (TPSA) is 54.0 Å². The van der Waals surface area contributed by atoms with Crippen LogP contribution in [0.1, 0.15) is 6.92 Å². The number of piperazine rings is 1. The second-order valence-corrected chi connectivity index (χ2v) is 5.18. The van der Waals surface area contributed by atoms with E-state index in [0.717, 1.165) is 44.2 Å². The third kappa shape index (κ3) is 4.80. The van der Waals surface area contributed by atoms with Gasteiger partial charge in [0, 0.05) is 32.2 Å². The summed E-state index contributed by atoms with van der Waals surface area (Å²) >= 11 is 0. The maximum atomic E-state index is 12.0. The van der Waals surface area contributed by atoms with Gasteiger partial charge >= 0.3 is 6.03 Å². The zero-order chi connectivity index (χ0) is 15.8. The van der Waals surface area contributed by atoms with E-state index >= 15 is 0 Å². The smallest absolute Gasteiger partial charge is 0.317 e. The molecule has 1 aliphatic heterocycles. The zero-order valence-electron chi connectivity index (χ0n) is 13.4. The fourth-order valence-corrected chi connectivity index (χ4v) is 2.40. The van der Waals surface area contributed by atoms with E-state index in [0.29, 0.717) is 13.2 Å². The summed E-state index contributed by atoms with van der Waals surface area (Å²) in [7, 11) is 1.62. The van der Waals surface area contributed by atoms with Crippen LogP contribution < -0.4 is 14.8 Å². The van der Waals surface area contributed by atoms with Crippen LogP contribution in [0.2, 0.25) is 0 Å². The third-order valence-electron chi connectivity index (χ3n) is 3.79. The van der Waals surface area contributed by atoms with Gasteiger partial charge in [-0.05, 0) is 18.7 Å². The van der Waals surface area contributed by atoms with E-state index in [4.69, 9.17) is 9.47 Å². The van der Waals surface area contributed by atoms with Crippen molar-refractivity contribution in [3.63, 3.8) is 0 Å². The molecular weight excluding hydrogens is 282 g/mol. The number of hydrogen-bond donors (Lipinski definition) is 1. The van der Waals surface area contributed by atoms with Gasteiger partial charge in [0.15, 0.2) is 0 Å². The standard InChI is InChI=1S/C16H25N3O3/c1-3-18-8-10-19(11-9-18)16(20)17-7-12-22-15-6-4-5-14(13-15)21-2/h4-6,13H,3,7-12H2,1-2H3,(H,17,20). The lowest BCUT2D eigenvalue weighted by Gasteiger charge is -2.33. The molecule has 0 spiro atoms. The van der Waals surface area contributed by atoms with Crippen molar-refractivity contribution in [2.75, 3.05) is 53.0 Å². The van der Waals surface area contributed by atoms with Crippen molar-refractivity contribution in [2.45, 2.75) is 6.92 Å². The summed E-state index contributed by atoms with van der Waals surface area (Å²) < 4.78 is 10.7. The molecule has 0 bridgehead atoms. The predicted octanol–water partition coefficient (Wildman–Crippen LogP) is 1.42. The van der Waals surface area contributed by atoms with Crippen molar-refractivity contribution in [1.29, 1.82) is 0 Å². The van der Waals surface area contributed by atoms with Gasteiger partial charge in [-0.25, -0.2) is 4.79 Å². The number of rotatable bonds is 6. The number of methoxy groups -OCH3 is 1. The summed E-state index contributed by atoms with van der Waals surface area (Å²) in [5.74, 6) is 1.50. The molecule has 0 aromatic heterocycles. The number of hydrogen-bond acceptors (Lipinski definition) is 4. The van der Waals surface area contributed by atoms with Crippen LogP contribution in [-0.4, -0.2) is 68.8 Å². The first-order valence-corrected chi connectivity index (χ1v) is 7.75. The van der Waals surface area contributed by atoms with Gasteiger partial charge in [0.25, 0.3) is 0 Å². The van der Waals surface area contributed by atoms with E-state index in [-0.39, 0.29) is 6.03 Å². The third-order valence-corrected chi connectivity index (χ3v) is 3.79. The van der Waals surface area contributed by atoms with Crippen LogP contribution in [0.5, 0.6) is 11.5 Å². The van der Waals surface area contributed by atoms with Gasteiger partial charge in [-0.3, -0.25) is 0 Å². The number of benzene rings is 1. The molecule has 1 saturated heterocycles. The van der Waals surface area contributed by atoms with E-state index in [1.807, 2.05) is 29.2 Å². The molecule has 1 aliphatic rings. The quantitative estimate of drug-likeness (QED) is 0.808. The largest absolute Gasteiger partial charge is 0.497 e. The Morgan fingerprint density at radius 1 is 1.23 bits per heavy atom. The molecule has 0 unspecified atom stereocenters. The van der Waals surface area contributed by atoms with Crippen LogP contribution in [0.15, 0.2) is 24.3 Å². The monoisotopic (exact) mass is 307 g/mol. The lowest BCUT2D eigenvalue weighted by molar-refractivity contribution is 0.142. The van der Waals surface area contributed by atoms with Gasteiger partial charge in [-0.1, -0.05) is 13.0 Å². The first-order valence-electron chi connectivity index (χ1n) is 7.75. The van der Waals surface area contributed by atoms with Crippen molar-refractivity contribution in [3.8, 4) is 11.5 Å². The number of nitrogens with zero attached hydrogens (tertiary/aromatic N) is 2. The molecule has 0 atom stereocenters. The molecule has 6 nitrogen and oxygen atoms in total. The minimum Gasteiger partial charge on any atom is -0.497 e. The van der Waals surface area contributed by atoms with Crippen LogP contribution in [-0.2, 0) is 0 Å². The molecule has 6 heteroatoms. The Morgan fingerprint density at radius 2 is 1.95 bits per heavy atom. The average Bonchev–Trinajstić information content (AvgIpc) is 2.58. The Labute approximate surface area is 132 Å². The molecule has 1 fully saturated rings. The highest BCUT2D eigenvalue weighted by atomic mass is 16.5. The fourth-order valence-electron chi connectivity index (χ4n) is 2.40. The summed E-state index contributed by atoms with van der Waals surface area (Å²) in [6.07, 6.45) is 0. The fraction of sp³-hybridized carbons (Fsp3) is 0.562. The highest BCUT2D eigenvalue weighted by Gasteiger charge is 2.19. The van der Waals surface area contributed by atoms with Crippen molar-refractivity contribution in [2.24, 2.45) is 0 Å². The van der Waals surface area contributed by atoms with Crippen LogP contribution in [0, 0.1) is 0 Å². The second kappa shape index (κ2) is 8.48. The van der Waals surface area contributed by atoms with E-state index in [9.17, 15) is 4.79 Å². The zero-order valence-corrected chi connectivity index (χ0v) is 13.4. The van der Waals surface area contributed by atoms with Crippen molar-refractivity contribution < 1.29 is 14.3 Å². The van der Waals surface area contributed by atoms with E-state index in [1.54, 1.807) is 7.11 Å². The first-order chi connectivity index (χ1) is 10.7. The SMILES string of the molecule is CCN1CCN(C(=O)NCCOc2cccc(OC)c2)CC1. The molecule has 0 saturated carbocycles. The van der Waals surface area contributed by atoms with Crippen molar-refractivity contribution >= 4 is 6.03 Å². The van der Waals surface area contributed by atoms with Crippen LogP contribution in [0.3, 0.4) is 0 Å². The van der Waals surface area contributed by atoms with Gasteiger partial charge in [0.1, 0.15) is 18.1 Å². The summed E-state index contributed by atoms with van der Waals surface area (Å²) in [5.41, 5.74) is 0. The van der Waals surface area contributed by atoms with Gasteiger partial charge < -0.3 is 24.6 Å². The number of amides is 2. The Hall–Kier alpha value is -1.95. The Balaban J connectivity index is 1.65. The van der Waals surface area contributed by atoms with Crippen molar-refractivity contribution in [3.05, 3.63) is 24.3 Å². The highest BCUT2D eigenvalue weighted by molar-refractivity contribution is 5.74. The molecular formula is C16H25N3O3. The summed E-state index contributed by atoms with van der Waals surface area (Å²) in [4.78, 5) is 16.2. The average molecular weight is 307 g/mol. The molecule has 1 heterocycles. The Bertz CT molecular complexity index is 473. The van der Waals surface area contributed by atoms with Crippen LogP contribution in [0.25, 0.3) is 0 Å². The summed E-state index contributed by atoms with van der Waals surface area (Å²) in [5, 5.41) is 2.90.